The van der Waals surface area contributed by atoms with Gasteiger partial charge in [0.25, 0.3) is 0 Å². The summed E-state index contributed by atoms with van der Waals surface area (Å²) in [7, 11) is 1.66. The molecule has 166 valence electrons. The van der Waals surface area contributed by atoms with Gasteiger partial charge >= 0.3 is 0 Å². The highest BCUT2D eigenvalue weighted by atomic mass is 32.2. The highest BCUT2D eigenvalue weighted by molar-refractivity contribution is 7.99. The van der Waals surface area contributed by atoms with Crippen LogP contribution in [0.3, 0.4) is 0 Å². The minimum absolute atomic E-state index is 0.0602. The topological polar surface area (TPSA) is 78.9 Å². The Labute approximate surface area is 192 Å². The number of aromatic nitrogens is 5. The van der Waals surface area contributed by atoms with Crippen molar-refractivity contribution in [1.82, 2.24) is 25.0 Å². The highest BCUT2D eigenvalue weighted by Gasteiger charge is 2.21. The maximum absolute atomic E-state index is 5.97. The van der Waals surface area contributed by atoms with Crippen molar-refractivity contribution in [1.29, 1.82) is 0 Å². The van der Waals surface area contributed by atoms with E-state index in [2.05, 4.69) is 38.8 Å². The minimum Gasteiger partial charge on any atom is -0.497 e. The first-order valence-electron chi connectivity index (χ1n) is 10.7. The first-order chi connectivity index (χ1) is 15.6. The molecule has 0 bridgehead atoms. The van der Waals surface area contributed by atoms with Gasteiger partial charge in [0.15, 0.2) is 11.0 Å². The van der Waals surface area contributed by atoms with Crippen LogP contribution in [0, 0.1) is 6.92 Å². The number of hydrogen-bond acceptors (Lipinski definition) is 7. The van der Waals surface area contributed by atoms with Crippen LogP contribution in [-0.4, -0.2) is 32.1 Å². The molecular weight excluding hydrogens is 422 g/mol. The summed E-state index contributed by atoms with van der Waals surface area (Å²) in [4.78, 5) is 0. The van der Waals surface area contributed by atoms with Crippen LogP contribution in [0.2, 0.25) is 0 Å². The van der Waals surface area contributed by atoms with Crippen molar-refractivity contribution in [2.45, 2.75) is 50.6 Å². The molecule has 2 aromatic heterocycles. The van der Waals surface area contributed by atoms with Crippen molar-refractivity contribution in [3.05, 3.63) is 60.0 Å². The Balaban J connectivity index is 1.56. The second-order valence-corrected chi connectivity index (χ2v) is 8.92. The smallest absolute Gasteiger partial charge is 0.247 e. The van der Waals surface area contributed by atoms with E-state index in [1.807, 2.05) is 55.5 Å². The number of thioether (sulfide) groups is 1. The molecule has 7 nitrogen and oxygen atoms in total. The molecular formula is C24H27N5O2S. The lowest BCUT2D eigenvalue weighted by Crippen LogP contribution is -2.03. The molecule has 0 N–H and O–H groups in total. The summed E-state index contributed by atoms with van der Waals surface area (Å²) in [5.74, 6) is 2.76. The molecule has 1 atom stereocenters. The molecule has 2 aromatic carbocycles. The summed E-state index contributed by atoms with van der Waals surface area (Å²) in [6.45, 7) is 7.12. The SMILES string of the molecule is CCCCn1c(SC(C)c2nnc(-c3ccc(C)cc3)o2)nnc1-c1ccc(OC)cc1. The number of ether oxygens (including phenoxy) is 1. The second-order valence-electron chi connectivity index (χ2n) is 7.61. The van der Waals surface area contributed by atoms with Gasteiger partial charge in [0.2, 0.25) is 11.8 Å². The normalized spacial score (nSPS) is 12.1. The van der Waals surface area contributed by atoms with Gasteiger partial charge in [0.05, 0.1) is 12.4 Å². The maximum atomic E-state index is 5.97. The molecule has 0 radical (unpaired) electrons. The van der Waals surface area contributed by atoms with Gasteiger partial charge in [-0.15, -0.1) is 20.4 Å². The maximum Gasteiger partial charge on any atom is 0.247 e. The first-order valence-corrected chi connectivity index (χ1v) is 11.6. The number of aryl methyl sites for hydroxylation is 1. The van der Waals surface area contributed by atoms with Gasteiger partial charge in [-0.3, -0.25) is 0 Å². The van der Waals surface area contributed by atoms with Crippen molar-refractivity contribution < 1.29 is 9.15 Å². The van der Waals surface area contributed by atoms with Crippen LogP contribution in [0.25, 0.3) is 22.8 Å². The molecule has 0 aliphatic carbocycles. The lowest BCUT2D eigenvalue weighted by molar-refractivity contribution is 0.415. The fourth-order valence-electron chi connectivity index (χ4n) is 3.27. The third-order valence-corrected chi connectivity index (χ3v) is 6.24. The van der Waals surface area contributed by atoms with Crippen LogP contribution in [0.5, 0.6) is 5.75 Å². The monoisotopic (exact) mass is 449 g/mol. The molecule has 0 fully saturated rings. The zero-order valence-corrected chi connectivity index (χ0v) is 19.6. The van der Waals surface area contributed by atoms with E-state index in [0.717, 1.165) is 47.2 Å². The molecule has 0 spiro atoms. The Morgan fingerprint density at radius 1 is 0.969 bits per heavy atom. The van der Waals surface area contributed by atoms with E-state index in [1.165, 1.54) is 5.56 Å². The van der Waals surface area contributed by atoms with Gasteiger partial charge < -0.3 is 13.7 Å². The summed E-state index contributed by atoms with van der Waals surface area (Å²) in [6, 6.07) is 16.0. The summed E-state index contributed by atoms with van der Waals surface area (Å²) >= 11 is 1.58. The largest absolute Gasteiger partial charge is 0.497 e. The Kier molecular flexibility index (Phi) is 6.90. The van der Waals surface area contributed by atoms with Crippen molar-refractivity contribution >= 4 is 11.8 Å². The molecule has 0 saturated carbocycles. The quantitative estimate of drug-likeness (QED) is 0.291. The lowest BCUT2D eigenvalue weighted by atomic mass is 10.1. The number of methoxy groups -OCH3 is 1. The number of unbranched alkanes of at least 4 members (excludes halogenated alkanes) is 1. The van der Waals surface area contributed by atoms with Crippen molar-refractivity contribution in [2.24, 2.45) is 0 Å². The molecule has 0 amide bonds. The first kappa shape index (κ1) is 22.1. The van der Waals surface area contributed by atoms with E-state index in [-0.39, 0.29) is 5.25 Å². The van der Waals surface area contributed by atoms with Crippen molar-refractivity contribution in [2.75, 3.05) is 7.11 Å². The van der Waals surface area contributed by atoms with E-state index >= 15 is 0 Å². The number of benzene rings is 2. The number of rotatable bonds is 9. The van der Waals surface area contributed by atoms with Crippen LogP contribution >= 0.6 is 11.8 Å². The van der Waals surface area contributed by atoms with E-state index in [4.69, 9.17) is 9.15 Å². The zero-order valence-electron chi connectivity index (χ0n) is 18.8. The zero-order chi connectivity index (χ0) is 22.5. The fourth-order valence-corrected chi connectivity index (χ4v) is 4.17. The molecule has 0 aliphatic heterocycles. The molecule has 4 rings (SSSR count). The van der Waals surface area contributed by atoms with Gasteiger partial charge in [-0.1, -0.05) is 42.8 Å². The van der Waals surface area contributed by atoms with Crippen LogP contribution < -0.4 is 4.74 Å². The van der Waals surface area contributed by atoms with Crippen LogP contribution in [0.4, 0.5) is 0 Å². The van der Waals surface area contributed by atoms with E-state index in [1.54, 1.807) is 18.9 Å². The Hall–Kier alpha value is -3.13. The lowest BCUT2D eigenvalue weighted by Gasteiger charge is -2.11. The van der Waals surface area contributed by atoms with E-state index < -0.39 is 0 Å². The Morgan fingerprint density at radius 3 is 2.38 bits per heavy atom. The molecule has 1 unspecified atom stereocenters. The summed E-state index contributed by atoms with van der Waals surface area (Å²) in [6.07, 6.45) is 2.13. The predicted octanol–water partition coefficient (Wildman–Crippen LogP) is 5.97. The van der Waals surface area contributed by atoms with E-state index in [9.17, 15) is 0 Å². The average molecular weight is 450 g/mol. The molecule has 0 saturated heterocycles. The molecule has 2 heterocycles. The van der Waals surface area contributed by atoms with Gasteiger partial charge in [-0.25, -0.2) is 0 Å². The van der Waals surface area contributed by atoms with Gasteiger partial charge in [-0.2, -0.15) is 0 Å². The number of hydrogen-bond donors (Lipinski definition) is 0. The summed E-state index contributed by atoms with van der Waals surface area (Å²) in [5.41, 5.74) is 3.12. The molecule has 32 heavy (non-hydrogen) atoms. The molecule has 8 heteroatoms. The average Bonchev–Trinajstić information content (AvgIpc) is 3.46. The van der Waals surface area contributed by atoms with Crippen LogP contribution in [0.1, 0.15) is 43.4 Å². The molecule has 4 aromatic rings. The third kappa shape index (κ3) is 4.85. The molecule has 0 aliphatic rings. The summed E-state index contributed by atoms with van der Waals surface area (Å²) < 4.78 is 13.4. The Bertz CT molecular complexity index is 1150. The van der Waals surface area contributed by atoms with Crippen LogP contribution in [0.15, 0.2) is 58.1 Å². The van der Waals surface area contributed by atoms with Crippen molar-refractivity contribution in [3.8, 4) is 28.6 Å². The van der Waals surface area contributed by atoms with Gasteiger partial charge in [0.1, 0.15) is 5.75 Å². The number of nitrogens with zero attached hydrogens (tertiary/aromatic N) is 5. The van der Waals surface area contributed by atoms with E-state index in [0.29, 0.717) is 11.8 Å². The standard InChI is InChI=1S/C24H27N5O2S/c1-5-6-15-29-21(18-11-13-20(30-4)14-12-18)25-28-24(29)32-17(3)22-26-27-23(31-22)19-9-7-16(2)8-10-19/h7-14,17H,5-6,15H2,1-4H3. The minimum atomic E-state index is -0.0602. The Morgan fingerprint density at radius 2 is 1.69 bits per heavy atom. The van der Waals surface area contributed by atoms with Gasteiger partial charge in [0, 0.05) is 17.7 Å². The van der Waals surface area contributed by atoms with Gasteiger partial charge in [-0.05, 0) is 56.7 Å². The third-order valence-electron chi connectivity index (χ3n) is 5.17. The summed E-state index contributed by atoms with van der Waals surface area (Å²) in [5, 5.41) is 18.3. The fraction of sp³-hybridized carbons (Fsp3) is 0.333. The van der Waals surface area contributed by atoms with Crippen molar-refractivity contribution in [3.63, 3.8) is 0 Å². The highest BCUT2D eigenvalue weighted by Crippen LogP contribution is 2.36. The predicted molar refractivity (Wildman–Crippen MR) is 126 cm³/mol. The second kappa shape index (κ2) is 9.99. The van der Waals surface area contributed by atoms with Crippen LogP contribution in [-0.2, 0) is 6.54 Å².